The maximum atomic E-state index is 12.2. The molecular weight excluding hydrogens is 250 g/mol. The quantitative estimate of drug-likeness (QED) is 0.826. The molecular formula is C12H13N3O2S. The number of pyridine rings is 1. The molecule has 6 heteroatoms. The smallest absolute Gasteiger partial charge is 0.263 e. The first kappa shape index (κ1) is 12.4. The second kappa shape index (κ2) is 4.66. The van der Waals surface area contributed by atoms with Gasteiger partial charge in [0.05, 0.1) is 4.90 Å². The zero-order chi connectivity index (χ0) is 13.2. The summed E-state index contributed by atoms with van der Waals surface area (Å²) in [5.41, 5.74) is 6.67. The van der Waals surface area contributed by atoms with E-state index >= 15 is 0 Å². The Morgan fingerprint density at radius 1 is 1.17 bits per heavy atom. The molecule has 5 nitrogen and oxygen atoms in total. The van der Waals surface area contributed by atoms with Crippen LogP contribution in [0.5, 0.6) is 0 Å². The van der Waals surface area contributed by atoms with Gasteiger partial charge >= 0.3 is 0 Å². The highest BCUT2D eigenvalue weighted by Crippen LogP contribution is 2.22. The number of hydrogen-bond donors (Lipinski definition) is 2. The highest BCUT2D eigenvalue weighted by atomic mass is 32.2. The lowest BCUT2D eigenvalue weighted by Gasteiger charge is -2.10. The van der Waals surface area contributed by atoms with Gasteiger partial charge in [0.15, 0.2) is 0 Å². The lowest BCUT2D eigenvalue weighted by molar-refractivity contribution is 0.600. The zero-order valence-electron chi connectivity index (χ0n) is 9.79. The van der Waals surface area contributed by atoms with Crippen molar-refractivity contribution in [2.45, 2.75) is 11.8 Å². The van der Waals surface area contributed by atoms with E-state index in [0.717, 1.165) is 0 Å². The van der Waals surface area contributed by atoms with Crippen molar-refractivity contribution in [3.63, 3.8) is 0 Å². The molecule has 1 aromatic carbocycles. The molecule has 0 radical (unpaired) electrons. The molecule has 0 atom stereocenters. The maximum Gasteiger partial charge on any atom is 0.263 e. The van der Waals surface area contributed by atoms with Crippen molar-refractivity contribution in [2.24, 2.45) is 0 Å². The van der Waals surface area contributed by atoms with Crippen LogP contribution in [0, 0.1) is 6.92 Å². The van der Waals surface area contributed by atoms with Crippen LogP contribution in [0.3, 0.4) is 0 Å². The number of nitrogen functional groups attached to an aromatic ring is 1. The Morgan fingerprint density at radius 2 is 1.94 bits per heavy atom. The second-order valence-electron chi connectivity index (χ2n) is 3.79. The van der Waals surface area contributed by atoms with E-state index in [1.54, 1.807) is 37.3 Å². The lowest BCUT2D eigenvalue weighted by atomic mass is 10.2. The van der Waals surface area contributed by atoms with E-state index in [0.29, 0.717) is 11.3 Å². The van der Waals surface area contributed by atoms with E-state index in [1.807, 2.05) is 0 Å². The van der Waals surface area contributed by atoms with Crippen LogP contribution in [-0.4, -0.2) is 13.4 Å². The Morgan fingerprint density at radius 3 is 2.61 bits per heavy atom. The van der Waals surface area contributed by atoms with Gasteiger partial charge in [-0.15, -0.1) is 0 Å². The SMILES string of the molecule is Cc1c(N)cccc1S(=O)(=O)Nc1ccccn1. The van der Waals surface area contributed by atoms with Gasteiger partial charge < -0.3 is 5.73 Å². The van der Waals surface area contributed by atoms with Crippen LogP contribution >= 0.6 is 0 Å². The van der Waals surface area contributed by atoms with Crippen molar-refractivity contribution >= 4 is 21.5 Å². The van der Waals surface area contributed by atoms with Crippen LogP contribution in [0.25, 0.3) is 0 Å². The van der Waals surface area contributed by atoms with E-state index < -0.39 is 10.0 Å². The van der Waals surface area contributed by atoms with Gasteiger partial charge in [0.1, 0.15) is 5.82 Å². The monoisotopic (exact) mass is 263 g/mol. The number of rotatable bonds is 3. The number of nitrogens with two attached hydrogens (primary N) is 1. The molecule has 0 aliphatic carbocycles. The molecule has 0 saturated heterocycles. The average Bonchev–Trinajstić information content (AvgIpc) is 2.33. The summed E-state index contributed by atoms with van der Waals surface area (Å²) in [4.78, 5) is 4.08. The van der Waals surface area contributed by atoms with Crippen LogP contribution < -0.4 is 10.5 Å². The Kier molecular flexibility index (Phi) is 3.20. The summed E-state index contributed by atoms with van der Waals surface area (Å²) < 4.78 is 26.7. The lowest BCUT2D eigenvalue weighted by Crippen LogP contribution is -2.15. The van der Waals surface area contributed by atoms with Crippen molar-refractivity contribution in [2.75, 3.05) is 10.5 Å². The molecule has 3 N–H and O–H groups in total. The number of nitrogens with zero attached hydrogens (tertiary/aromatic N) is 1. The molecule has 0 aliphatic rings. The molecule has 2 rings (SSSR count). The van der Waals surface area contributed by atoms with Crippen molar-refractivity contribution in [1.29, 1.82) is 0 Å². The van der Waals surface area contributed by atoms with Crippen molar-refractivity contribution in [3.8, 4) is 0 Å². The summed E-state index contributed by atoms with van der Waals surface area (Å²) in [7, 11) is -3.66. The Hall–Kier alpha value is -2.08. The fraction of sp³-hybridized carbons (Fsp3) is 0.0833. The molecule has 0 unspecified atom stereocenters. The van der Waals surface area contributed by atoms with E-state index in [9.17, 15) is 8.42 Å². The molecule has 0 spiro atoms. The van der Waals surface area contributed by atoms with Gasteiger partial charge in [-0.3, -0.25) is 4.72 Å². The van der Waals surface area contributed by atoms with Gasteiger partial charge in [-0.05, 0) is 36.8 Å². The molecule has 0 saturated carbocycles. The summed E-state index contributed by atoms with van der Waals surface area (Å²) in [6.45, 7) is 1.67. The average molecular weight is 263 g/mol. The topological polar surface area (TPSA) is 85.1 Å². The second-order valence-corrected chi connectivity index (χ2v) is 5.44. The molecule has 0 amide bonds. The molecule has 0 fully saturated rings. The Bertz CT molecular complexity index is 654. The van der Waals surface area contributed by atoms with Gasteiger partial charge in [-0.1, -0.05) is 12.1 Å². The predicted octanol–water partition coefficient (Wildman–Crippen LogP) is 1.77. The minimum Gasteiger partial charge on any atom is -0.398 e. The first-order valence-corrected chi connectivity index (χ1v) is 6.78. The van der Waals surface area contributed by atoms with Crippen LogP contribution in [0.1, 0.15) is 5.56 Å². The molecule has 1 aromatic heterocycles. The third-order valence-electron chi connectivity index (χ3n) is 2.52. The van der Waals surface area contributed by atoms with E-state index in [4.69, 9.17) is 5.73 Å². The third-order valence-corrected chi connectivity index (χ3v) is 4.02. The van der Waals surface area contributed by atoms with Crippen molar-refractivity contribution < 1.29 is 8.42 Å². The van der Waals surface area contributed by atoms with E-state index in [1.165, 1.54) is 12.3 Å². The van der Waals surface area contributed by atoms with Crippen LogP contribution in [0.15, 0.2) is 47.5 Å². The first-order valence-electron chi connectivity index (χ1n) is 5.29. The number of hydrogen-bond acceptors (Lipinski definition) is 4. The maximum absolute atomic E-state index is 12.2. The normalized spacial score (nSPS) is 11.2. The highest BCUT2D eigenvalue weighted by Gasteiger charge is 2.18. The van der Waals surface area contributed by atoms with Gasteiger partial charge in [0.2, 0.25) is 0 Å². The zero-order valence-corrected chi connectivity index (χ0v) is 10.6. The van der Waals surface area contributed by atoms with E-state index in [2.05, 4.69) is 9.71 Å². The van der Waals surface area contributed by atoms with Gasteiger partial charge in [0, 0.05) is 11.9 Å². The van der Waals surface area contributed by atoms with Crippen molar-refractivity contribution in [3.05, 3.63) is 48.2 Å². The molecule has 2 aromatic rings. The molecule has 18 heavy (non-hydrogen) atoms. The van der Waals surface area contributed by atoms with Crippen LogP contribution in [-0.2, 0) is 10.0 Å². The van der Waals surface area contributed by atoms with Crippen LogP contribution in [0.2, 0.25) is 0 Å². The van der Waals surface area contributed by atoms with Gasteiger partial charge in [0.25, 0.3) is 10.0 Å². The molecule has 0 aliphatic heterocycles. The number of benzene rings is 1. The number of sulfonamides is 1. The van der Waals surface area contributed by atoms with E-state index in [-0.39, 0.29) is 10.7 Å². The first-order chi connectivity index (χ1) is 8.50. The van der Waals surface area contributed by atoms with Crippen LogP contribution in [0.4, 0.5) is 11.5 Å². The fourth-order valence-electron chi connectivity index (χ4n) is 1.54. The summed E-state index contributed by atoms with van der Waals surface area (Å²) in [6, 6.07) is 9.78. The largest absolute Gasteiger partial charge is 0.398 e. The standard InChI is InChI=1S/C12H13N3O2S/c1-9-10(13)5-4-6-11(9)18(16,17)15-12-7-2-3-8-14-12/h2-8H,13H2,1H3,(H,14,15). The minimum absolute atomic E-state index is 0.160. The Balaban J connectivity index is 2.41. The molecule has 0 bridgehead atoms. The third kappa shape index (κ3) is 2.43. The summed E-state index contributed by atoms with van der Waals surface area (Å²) in [6.07, 6.45) is 1.52. The predicted molar refractivity (Wildman–Crippen MR) is 70.6 cm³/mol. The van der Waals surface area contributed by atoms with Gasteiger partial charge in [-0.2, -0.15) is 0 Å². The van der Waals surface area contributed by atoms with Crippen molar-refractivity contribution in [1.82, 2.24) is 4.98 Å². The number of nitrogens with one attached hydrogen (secondary N) is 1. The fourth-order valence-corrected chi connectivity index (χ4v) is 2.82. The summed E-state index contributed by atoms with van der Waals surface area (Å²) in [5, 5.41) is 0. The summed E-state index contributed by atoms with van der Waals surface area (Å²) in [5.74, 6) is 0.277. The molecule has 94 valence electrons. The number of aromatic nitrogens is 1. The summed E-state index contributed by atoms with van der Waals surface area (Å²) >= 11 is 0. The highest BCUT2D eigenvalue weighted by molar-refractivity contribution is 7.92. The Labute approximate surface area is 106 Å². The van der Waals surface area contributed by atoms with Gasteiger partial charge in [-0.25, -0.2) is 13.4 Å². The number of anilines is 2. The molecule has 1 heterocycles. The minimum atomic E-state index is -3.66.